The molecule has 5 heteroatoms. The molecule has 0 aliphatic rings. The zero-order chi connectivity index (χ0) is 16.9. The number of nitrogens with zero attached hydrogens (tertiary/aromatic N) is 1. The van der Waals surface area contributed by atoms with E-state index in [2.05, 4.69) is 9.97 Å². The van der Waals surface area contributed by atoms with Gasteiger partial charge >= 0.3 is 5.97 Å². The van der Waals surface area contributed by atoms with Crippen molar-refractivity contribution in [2.24, 2.45) is 0 Å². The molecule has 0 fully saturated rings. The summed E-state index contributed by atoms with van der Waals surface area (Å²) in [6, 6.07) is 13.6. The van der Waals surface area contributed by atoms with Crippen LogP contribution in [0.25, 0.3) is 17.1 Å². The van der Waals surface area contributed by atoms with Gasteiger partial charge in [-0.2, -0.15) is 0 Å². The van der Waals surface area contributed by atoms with E-state index in [9.17, 15) is 4.79 Å². The largest absolute Gasteiger partial charge is 0.463 e. The summed E-state index contributed by atoms with van der Waals surface area (Å²) in [7, 11) is 0. The van der Waals surface area contributed by atoms with Crippen LogP contribution in [-0.2, 0) is 16.0 Å². The van der Waals surface area contributed by atoms with Crippen molar-refractivity contribution in [1.82, 2.24) is 9.97 Å². The van der Waals surface area contributed by atoms with Gasteiger partial charge in [0.1, 0.15) is 5.82 Å². The topological polar surface area (TPSA) is 81.0 Å². The second kappa shape index (κ2) is 7.00. The summed E-state index contributed by atoms with van der Waals surface area (Å²) in [5, 5.41) is 0. The molecule has 2 aromatic carbocycles. The van der Waals surface area contributed by atoms with Crippen molar-refractivity contribution in [1.29, 1.82) is 0 Å². The van der Waals surface area contributed by atoms with Crippen molar-refractivity contribution in [3.05, 3.63) is 65.5 Å². The molecule has 0 amide bonds. The average molecular weight is 321 g/mol. The Balaban J connectivity index is 1.70. The van der Waals surface area contributed by atoms with Gasteiger partial charge in [-0.25, -0.2) is 9.78 Å². The van der Waals surface area contributed by atoms with E-state index < -0.39 is 0 Å². The summed E-state index contributed by atoms with van der Waals surface area (Å²) in [6.45, 7) is 2.16. The lowest BCUT2D eigenvalue weighted by atomic mass is 10.1. The zero-order valence-electron chi connectivity index (χ0n) is 13.5. The number of fused-ring (bicyclic) bond motifs is 1. The molecule has 3 N–H and O–H groups in total. The van der Waals surface area contributed by atoms with Crippen molar-refractivity contribution < 1.29 is 9.53 Å². The van der Waals surface area contributed by atoms with Gasteiger partial charge in [0.2, 0.25) is 0 Å². The average Bonchev–Trinajstić information content (AvgIpc) is 2.96. The first-order chi connectivity index (χ1) is 11.6. The fourth-order valence-corrected chi connectivity index (χ4v) is 2.45. The molecular weight excluding hydrogens is 302 g/mol. The molecule has 0 aliphatic carbocycles. The van der Waals surface area contributed by atoms with Gasteiger partial charge in [0.05, 0.1) is 17.6 Å². The fourth-order valence-electron chi connectivity index (χ4n) is 2.45. The number of nitrogen functional groups attached to an aromatic ring is 1. The summed E-state index contributed by atoms with van der Waals surface area (Å²) < 4.78 is 4.86. The Morgan fingerprint density at radius 2 is 2.04 bits per heavy atom. The van der Waals surface area contributed by atoms with Gasteiger partial charge < -0.3 is 15.5 Å². The van der Waals surface area contributed by atoms with Gasteiger partial charge in [-0.3, -0.25) is 0 Å². The van der Waals surface area contributed by atoms with E-state index in [1.54, 1.807) is 13.0 Å². The van der Waals surface area contributed by atoms with Crippen LogP contribution in [0.2, 0.25) is 0 Å². The van der Waals surface area contributed by atoms with Crippen LogP contribution in [0.15, 0.2) is 48.5 Å². The van der Waals surface area contributed by atoms with Gasteiger partial charge in [0.25, 0.3) is 0 Å². The summed E-state index contributed by atoms with van der Waals surface area (Å²) in [6.07, 6.45) is 3.88. The minimum Gasteiger partial charge on any atom is -0.463 e. The Bertz CT molecular complexity index is 879. The zero-order valence-corrected chi connectivity index (χ0v) is 13.5. The van der Waals surface area contributed by atoms with E-state index in [-0.39, 0.29) is 5.97 Å². The predicted molar refractivity (Wildman–Crippen MR) is 95.4 cm³/mol. The Hall–Kier alpha value is -3.08. The van der Waals surface area contributed by atoms with Gasteiger partial charge in [0.15, 0.2) is 0 Å². The number of anilines is 1. The molecule has 1 heterocycles. The minimum absolute atomic E-state index is 0.330. The lowest BCUT2D eigenvalue weighted by Crippen LogP contribution is -1.98. The number of hydrogen-bond acceptors (Lipinski definition) is 4. The summed E-state index contributed by atoms with van der Waals surface area (Å²) in [5.41, 5.74) is 10.4. The molecule has 0 saturated carbocycles. The lowest BCUT2D eigenvalue weighted by Gasteiger charge is -2.00. The van der Waals surface area contributed by atoms with Gasteiger partial charge in [0, 0.05) is 18.2 Å². The van der Waals surface area contributed by atoms with Crippen LogP contribution in [0.1, 0.15) is 23.9 Å². The number of ether oxygens (including phenoxy) is 1. The maximum absolute atomic E-state index is 11.3. The molecule has 3 rings (SSSR count). The van der Waals surface area contributed by atoms with Crippen molar-refractivity contribution in [2.75, 3.05) is 12.3 Å². The standard InChI is InChI=1S/C19H19N3O2/c1-2-24-19(23)10-7-13-3-5-14(6-4-13)11-18-21-16-9-8-15(20)12-17(16)22-18/h3-10,12H,2,11,20H2,1H3,(H,21,22)/b10-7+. The van der Waals surface area contributed by atoms with Crippen LogP contribution >= 0.6 is 0 Å². The maximum atomic E-state index is 11.3. The molecule has 0 radical (unpaired) electrons. The van der Waals surface area contributed by atoms with Crippen molar-refractivity contribution in [3.8, 4) is 0 Å². The molecule has 0 saturated heterocycles. The molecule has 1 aromatic heterocycles. The third-order valence-electron chi connectivity index (χ3n) is 3.61. The quantitative estimate of drug-likeness (QED) is 0.429. The normalized spacial score (nSPS) is 11.2. The van der Waals surface area contributed by atoms with Gasteiger partial charge in [-0.15, -0.1) is 0 Å². The number of carbonyl (C=O) groups is 1. The fraction of sp³-hybridized carbons (Fsp3) is 0.158. The summed E-state index contributed by atoms with van der Waals surface area (Å²) in [5.74, 6) is 0.563. The van der Waals surface area contributed by atoms with Crippen molar-refractivity contribution in [3.63, 3.8) is 0 Å². The minimum atomic E-state index is -0.330. The molecule has 24 heavy (non-hydrogen) atoms. The number of hydrogen-bond donors (Lipinski definition) is 2. The highest BCUT2D eigenvalue weighted by Crippen LogP contribution is 2.17. The number of H-pyrrole nitrogens is 1. The monoisotopic (exact) mass is 321 g/mol. The molecule has 0 spiro atoms. The van der Waals surface area contributed by atoms with Crippen LogP contribution in [0, 0.1) is 0 Å². The van der Waals surface area contributed by atoms with E-state index in [1.807, 2.05) is 42.5 Å². The number of nitrogens with one attached hydrogen (secondary N) is 1. The van der Waals surface area contributed by atoms with Gasteiger partial charge in [-0.1, -0.05) is 24.3 Å². The number of esters is 1. The highest BCUT2D eigenvalue weighted by Gasteiger charge is 2.04. The summed E-state index contributed by atoms with van der Waals surface area (Å²) in [4.78, 5) is 19.2. The van der Waals surface area contributed by atoms with E-state index in [0.29, 0.717) is 18.7 Å². The van der Waals surface area contributed by atoms with Crippen molar-refractivity contribution in [2.45, 2.75) is 13.3 Å². The molecule has 5 nitrogen and oxygen atoms in total. The van der Waals surface area contributed by atoms with E-state index in [4.69, 9.17) is 10.5 Å². The predicted octanol–water partition coefficient (Wildman–Crippen LogP) is 3.31. The number of aromatic nitrogens is 2. The van der Waals surface area contributed by atoms with Gasteiger partial charge in [-0.05, 0) is 42.3 Å². The molecule has 0 aliphatic heterocycles. The van der Waals surface area contributed by atoms with Crippen LogP contribution in [0.4, 0.5) is 5.69 Å². The first kappa shape index (κ1) is 15.8. The Morgan fingerprint density at radius 1 is 1.25 bits per heavy atom. The number of benzene rings is 2. The summed E-state index contributed by atoms with van der Waals surface area (Å²) >= 11 is 0. The SMILES string of the molecule is CCOC(=O)/C=C/c1ccc(Cc2nc3cc(N)ccc3[nH]2)cc1. The maximum Gasteiger partial charge on any atom is 0.330 e. The Kier molecular flexibility index (Phi) is 4.61. The van der Waals surface area contributed by atoms with E-state index >= 15 is 0 Å². The molecule has 0 bridgehead atoms. The van der Waals surface area contributed by atoms with E-state index in [0.717, 1.165) is 28.0 Å². The number of aromatic amines is 1. The Morgan fingerprint density at radius 3 is 2.79 bits per heavy atom. The second-order valence-electron chi connectivity index (χ2n) is 5.46. The molecule has 0 atom stereocenters. The van der Waals surface area contributed by atoms with Crippen LogP contribution < -0.4 is 5.73 Å². The molecular formula is C19H19N3O2. The Labute approximate surface area is 140 Å². The van der Waals surface area contributed by atoms with Crippen LogP contribution in [0.3, 0.4) is 0 Å². The van der Waals surface area contributed by atoms with Crippen LogP contribution in [0.5, 0.6) is 0 Å². The highest BCUT2D eigenvalue weighted by molar-refractivity contribution is 5.87. The number of carbonyl (C=O) groups excluding carboxylic acids is 1. The lowest BCUT2D eigenvalue weighted by molar-refractivity contribution is -0.137. The number of imidazole rings is 1. The third-order valence-corrected chi connectivity index (χ3v) is 3.61. The number of nitrogens with two attached hydrogens (primary N) is 1. The van der Waals surface area contributed by atoms with Crippen molar-refractivity contribution >= 4 is 28.8 Å². The van der Waals surface area contributed by atoms with Crippen LogP contribution in [-0.4, -0.2) is 22.5 Å². The first-order valence-corrected chi connectivity index (χ1v) is 7.82. The molecule has 3 aromatic rings. The molecule has 0 unspecified atom stereocenters. The molecule has 122 valence electrons. The first-order valence-electron chi connectivity index (χ1n) is 7.82. The smallest absolute Gasteiger partial charge is 0.330 e. The third kappa shape index (κ3) is 3.81. The highest BCUT2D eigenvalue weighted by atomic mass is 16.5. The van der Waals surface area contributed by atoms with E-state index in [1.165, 1.54) is 6.08 Å². The second-order valence-corrected chi connectivity index (χ2v) is 5.46. The number of rotatable bonds is 5.